The molecule has 0 fully saturated rings. The first-order valence-electron chi connectivity index (χ1n) is 7.52. The van der Waals surface area contributed by atoms with Gasteiger partial charge in [-0.15, -0.1) is 0 Å². The summed E-state index contributed by atoms with van der Waals surface area (Å²) < 4.78 is 39.9. The van der Waals surface area contributed by atoms with Gasteiger partial charge in [0.1, 0.15) is 29.3 Å². The summed E-state index contributed by atoms with van der Waals surface area (Å²) in [5, 5.41) is 23.1. The molecule has 2 heterocycles. The van der Waals surface area contributed by atoms with Crippen LogP contribution in [0.3, 0.4) is 0 Å². The van der Waals surface area contributed by atoms with Crippen LogP contribution < -0.4 is 22.1 Å². The van der Waals surface area contributed by atoms with Crippen LogP contribution in [0.5, 0.6) is 0 Å². The van der Waals surface area contributed by atoms with Gasteiger partial charge in [-0.05, 0) is 23.8 Å². The fourth-order valence-electron chi connectivity index (χ4n) is 2.74. The van der Waals surface area contributed by atoms with E-state index in [2.05, 4.69) is 36.5 Å². The number of halogens is 4. The molecule has 6 N–H and O–H groups in total. The van der Waals surface area contributed by atoms with Gasteiger partial charge in [0.25, 0.3) is 0 Å². The number of nitrogen functional groups attached to an aromatic ring is 2. The number of guanidine groups is 1. The molecule has 1 aromatic heterocycles. The summed E-state index contributed by atoms with van der Waals surface area (Å²) in [6, 6.07) is 3.81. The molecule has 0 saturated carbocycles. The molecule has 12 heteroatoms. The van der Waals surface area contributed by atoms with Gasteiger partial charge in [-0.25, -0.2) is 9.98 Å². The Bertz CT molecular complexity index is 1080. The summed E-state index contributed by atoms with van der Waals surface area (Å²) in [6.07, 6.45) is -2.91. The largest absolute Gasteiger partial charge is 0.416 e. The number of alkyl halides is 3. The van der Waals surface area contributed by atoms with Crippen LogP contribution in [-0.4, -0.2) is 10.9 Å². The first kappa shape index (κ1) is 19.3. The van der Waals surface area contributed by atoms with Crippen molar-refractivity contribution < 1.29 is 13.2 Å². The number of benzene rings is 1. The maximum absolute atomic E-state index is 13.2. The summed E-state index contributed by atoms with van der Waals surface area (Å²) in [5.41, 5.74) is 11.0. The van der Waals surface area contributed by atoms with Crippen molar-refractivity contribution in [1.29, 1.82) is 10.5 Å². The van der Waals surface area contributed by atoms with Gasteiger partial charge >= 0.3 is 6.18 Å². The molecule has 0 amide bonds. The molecule has 1 unspecified atom stereocenters. The Morgan fingerprint density at radius 2 is 1.96 bits per heavy atom. The van der Waals surface area contributed by atoms with Crippen molar-refractivity contribution in [1.82, 2.24) is 10.3 Å². The number of hydrogen-bond donors (Lipinski definition) is 4. The minimum absolute atomic E-state index is 0.0553. The predicted molar refractivity (Wildman–Crippen MR) is 98.6 cm³/mol. The number of rotatable bonds is 1. The number of pyridine rings is 1. The molecule has 142 valence electrons. The summed E-state index contributed by atoms with van der Waals surface area (Å²) in [6.45, 7) is 0. The third kappa shape index (κ3) is 3.25. The van der Waals surface area contributed by atoms with Crippen LogP contribution in [-0.2, 0) is 6.18 Å². The maximum Gasteiger partial charge on any atom is 0.416 e. The van der Waals surface area contributed by atoms with Crippen molar-refractivity contribution in [2.75, 3.05) is 16.8 Å². The third-order valence-electron chi connectivity index (χ3n) is 3.98. The van der Waals surface area contributed by atoms with Crippen molar-refractivity contribution in [3.63, 3.8) is 0 Å². The molecule has 1 aliphatic rings. The monoisotopic (exact) mass is 450 g/mol. The molecule has 1 aliphatic heterocycles. The van der Waals surface area contributed by atoms with Gasteiger partial charge in [-0.3, -0.25) is 5.32 Å². The highest BCUT2D eigenvalue weighted by Gasteiger charge is 2.35. The average Bonchev–Trinajstić information content (AvgIpc) is 2.61. The van der Waals surface area contributed by atoms with Crippen LogP contribution in [0.1, 0.15) is 28.3 Å². The van der Waals surface area contributed by atoms with E-state index < -0.39 is 17.8 Å². The van der Waals surface area contributed by atoms with Crippen LogP contribution >= 0.6 is 15.9 Å². The Balaban J connectivity index is 2.30. The number of nitriles is 2. The average molecular weight is 451 g/mol. The molecule has 1 aromatic carbocycles. The van der Waals surface area contributed by atoms with E-state index in [0.717, 1.165) is 12.1 Å². The van der Waals surface area contributed by atoms with E-state index in [1.165, 1.54) is 6.07 Å². The normalized spacial score (nSPS) is 15.5. The molecule has 0 spiro atoms. The Labute approximate surface area is 164 Å². The van der Waals surface area contributed by atoms with Crippen LogP contribution in [0.25, 0.3) is 0 Å². The Morgan fingerprint density at radius 1 is 1.25 bits per heavy atom. The smallest absolute Gasteiger partial charge is 0.397 e. The summed E-state index contributed by atoms with van der Waals surface area (Å²) >= 11 is 3.22. The second-order valence-electron chi connectivity index (χ2n) is 5.64. The van der Waals surface area contributed by atoms with Gasteiger partial charge in [-0.1, -0.05) is 15.9 Å². The van der Waals surface area contributed by atoms with Crippen molar-refractivity contribution in [3.05, 3.63) is 44.9 Å². The van der Waals surface area contributed by atoms with Crippen LogP contribution in [0.15, 0.2) is 27.7 Å². The zero-order chi connectivity index (χ0) is 20.6. The lowest BCUT2D eigenvalue weighted by Gasteiger charge is -2.27. The molecule has 0 saturated heterocycles. The molecule has 0 bridgehead atoms. The predicted octanol–water partition coefficient (Wildman–Crippen LogP) is 2.84. The number of aliphatic imine (C=N–C) groups is 1. The van der Waals surface area contributed by atoms with E-state index in [0.29, 0.717) is 4.47 Å². The highest BCUT2D eigenvalue weighted by Crippen LogP contribution is 2.44. The van der Waals surface area contributed by atoms with Crippen LogP contribution in [0.4, 0.5) is 30.5 Å². The highest BCUT2D eigenvalue weighted by atomic mass is 79.9. The van der Waals surface area contributed by atoms with Gasteiger partial charge in [0.15, 0.2) is 6.19 Å². The lowest BCUT2D eigenvalue weighted by atomic mass is 9.94. The second-order valence-corrected chi connectivity index (χ2v) is 6.49. The number of nitrogens with two attached hydrogens (primary N) is 2. The number of nitrogens with one attached hydrogen (secondary N) is 2. The molecular formula is C16H10BrF3N8. The van der Waals surface area contributed by atoms with E-state index in [-0.39, 0.29) is 40.0 Å². The van der Waals surface area contributed by atoms with Crippen molar-refractivity contribution in [2.45, 2.75) is 12.2 Å². The zero-order valence-corrected chi connectivity index (χ0v) is 15.4. The van der Waals surface area contributed by atoms with E-state index in [1.54, 1.807) is 6.19 Å². The first-order valence-corrected chi connectivity index (χ1v) is 8.32. The topological polar surface area (TPSA) is 149 Å². The lowest BCUT2D eigenvalue weighted by Crippen LogP contribution is -2.33. The molecule has 8 nitrogen and oxygen atoms in total. The van der Waals surface area contributed by atoms with E-state index in [1.807, 2.05) is 6.07 Å². The Morgan fingerprint density at radius 3 is 2.57 bits per heavy atom. The van der Waals surface area contributed by atoms with E-state index in [4.69, 9.17) is 16.7 Å². The highest BCUT2D eigenvalue weighted by molar-refractivity contribution is 9.10. The van der Waals surface area contributed by atoms with E-state index >= 15 is 0 Å². The molecular weight excluding hydrogens is 441 g/mol. The molecule has 0 radical (unpaired) electrons. The molecule has 1 atom stereocenters. The number of nitrogens with zero attached hydrogens (tertiary/aromatic N) is 4. The molecule has 3 rings (SSSR count). The minimum atomic E-state index is -4.58. The zero-order valence-electron chi connectivity index (χ0n) is 13.8. The SMILES string of the molecule is N#CNC1=NC(c2cc(C(F)(F)F)ccc2Br)c2c(nc(N)c(C#N)c2N)N1. The quantitative estimate of drug-likeness (QED) is 0.385. The van der Waals surface area contributed by atoms with Crippen molar-refractivity contribution in [3.8, 4) is 12.3 Å². The van der Waals surface area contributed by atoms with Crippen molar-refractivity contribution in [2.24, 2.45) is 4.99 Å². The number of aromatic nitrogens is 1. The van der Waals surface area contributed by atoms with Crippen LogP contribution in [0.2, 0.25) is 0 Å². The fraction of sp³-hybridized carbons (Fsp3) is 0.125. The maximum atomic E-state index is 13.2. The Kier molecular flexibility index (Phi) is 4.75. The number of hydrogen-bond acceptors (Lipinski definition) is 8. The summed E-state index contributed by atoms with van der Waals surface area (Å²) in [4.78, 5) is 8.29. The molecule has 28 heavy (non-hydrogen) atoms. The molecule has 0 aliphatic carbocycles. The summed E-state index contributed by atoms with van der Waals surface area (Å²) in [5.74, 6) is -0.136. The van der Waals surface area contributed by atoms with Gasteiger partial charge in [-0.2, -0.15) is 23.7 Å². The number of anilines is 3. The first-order chi connectivity index (χ1) is 13.2. The van der Waals surface area contributed by atoms with Gasteiger partial charge in [0.2, 0.25) is 5.96 Å². The number of fused-ring (bicyclic) bond motifs is 1. The minimum Gasteiger partial charge on any atom is -0.397 e. The van der Waals surface area contributed by atoms with Gasteiger partial charge in [0.05, 0.1) is 11.3 Å². The third-order valence-corrected chi connectivity index (χ3v) is 4.70. The molecule has 2 aromatic rings. The standard InChI is InChI=1S/C16H10BrF3N8/c17-9-2-1-6(16(18,19)20)3-7(9)12-10-11(23)8(4-21)13(24)27-14(10)28-15(26-12)25-5-22/h1-3,12H,(H6,23,24,25,26,27,28). The summed E-state index contributed by atoms with van der Waals surface area (Å²) in [7, 11) is 0. The lowest BCUT2D eigenvalue weighted by molar-refractivity contribution is -0.137. The van der Waals surface area contributed by atoms with E-state index in [9.17, 15) is 18.4 Å². The van der Waals surface area contributed by atoms with Gasteiger partial charge in [0, 0.05) is 10.0 Å². The second kappa shape index (κ2) is 6.90. The van der Waals surface area contributed by atoms with Crippen LogP contribution in [0, 0.1) is 22.8 Å². The van der Waals surface area contributed by atoms with Gasteiger partial charge < -0.3 is 16.8 Å². The Hall–Kier alpha value is -3.51. The fourth-order valence-corrected chi connectivity index (χ4v) is 3.20. The van der Waals surface area contributed by atoms with Crippen molar-refractivity contribution >= 4 is 39.2 Å².